The lowest BCUT2D eigenvalue weighted by atomic mass is 9.88. The summed E-state index contributed by atoms with van der Waals surface area (Å²) in [5.41, 5.74) is 3.95. The maximum Gasteiger partial charge on any atom is 0.304 e. The van der Waals surface area contributed by atoms with E-state index >= 15 is 0 Å². The molecule has 0 bridgehead atoms. The topological polar surface area (TPSA) is 80.0 Å². The number of nitrogens with zero attached hydrogens (tertiary/aromatic N) is 3. The minimum Gasteiger partial charge on any atom is -0.449 e. The highest BCUT2D eigenvalue weighted by Crippen LogP contribution is 2.14. The lowest BCUT2D eigenvalue weighted by molar-refractivity contribution is 0.0958. The predicted molar refractivity (Wildman–Crippen MR) is 85.5 cm³/mol. The molecule has 0 radical (unpaired) electrons. The number of nitrogens with one attached hydrogen (secondary N) is 1. The average molecular weight is 294 g/mol. The summed E-state index contributed by atoms with van der Waals surface area (Å²) in [6.07, 6.45) is 3.40. The number of fused-ring (bicyclic) bond motifs is 1. The third kappa shape index (κ3) is 2.71. The second-order valence-electron chi connectivity index (χ2n) is 4.98. The maximum absolute atomic E-state index is 11.6. The molecular weight excluding hydrogens is 279 g/mol. The van der Waals surface area contributed by atoms with E-state index in [1.165, 1.54) is 0 Å². The molecule has 0 aliphatic carbocycles. The molecule has 0 spiro atoms. The molecule has 0 aliphatic heterocycles. The van der Waals surface area contributed by atoms with Crippen LogP contribution in [0.15, 0.2) is 42.9 Å². The molecule has 22 heavy (non-hydrogen) atoms. The van der Waals surface area contributed by atoms with Crippen molar-refractivity contribution in [3.05, 3.63) is 54.1 Å². The molecule has 110 valence electrons. The lowest BCUT2D eigenvalue weighted by Crippen LogP contribution is -2.19. The molecule has 7 heteroatoms. The van der Waals surface area contributed by atoms with Gasteiger partial charge in [-0.1, -0.05) is 29.7 Å². The molecular formula is C15H15BN4O2. The Hall–Kier alpha value is -2.67. The van der Waals surface area contributed by atoms with Gasteiger partial charge in [0.2, 0.25) is 0 Å². The molecule has 0 unspecified atom stereocenters. The van der Waals surface area contributed by atoms with Crippen molar-refractivity contribution in [2.75, 3.05) is 7.05 Å². The summed E-state index contributed by atoms with van der Waals surface area (Å²) in [6, 6.07) is 9.43. The monoisotopic (exact) mass is 294 g/mol. The van der Waals surface area contributed by atoms with Gasteiger partial charge in [0.25, 0.3) is 5.91 Å². The van der Waals surface area contributed by atoms with Crippen molar-refractivity contribution >= 4 is 29.9 Å². The van der Waals surface area contributed by atoms with E-state index in [4.69, 9.17) is 5.02 Å². The summed E-state index contributed by atoms with van der Waals surface area (Å²) < 4.78 is 1.98. The third-order valence-electron chi connectivity index (χ3n) is 3.53. The van der Waals surface area contributed by atoms with Gasteiger partial charge >= 0.3 is 7.48 Å². The second kappa shape index (κ2) is 5.99. The molecule has 2 N–H and O–H groups in total. The normalized spacial score (nSPS) is 10.6. The standard InChI is InChI=1S/C15H15BN4O2/c1-17-15(21)13-6-12-14(7-18-13)20(9-19-12)8-10-2-4-11(16-22)5-3-10/h2-7,9,16,22H,8H2,1H3,(H,17,21). The largest absolute Gasteiger partial charge is 0.449 e. The Morgan fingerprint density at radius 1 is 1.32 bits per heavy atom. The Morgan fingerprint density at radius 2 is 2.09 bits per heavy atom. The van der Waals surface area contributed by atoms with E-state index in [0.717, 1.165) is 22.1 Å². The number of carbonyl (C=O) groups excluding carboxylic acids is 1. The number of rotatable bonds is 4. The van der Waals surface area contributed by atoms with Gasteiger partial charge in [0.05, 0.1) is 23.6 Å². The van der Waals surface area contributed by atoms with Crippen molar-refractivity contribution in [1.29, 1.82) is 0 Å². The van der Waals surface area contributed by atoms with Crippen molar-refractivity contribution < 1.29 is 9.82 Å². The van der Waals surface area contributed by atoms with Crippen LogP contribution >= 0.6 is 0 Å². The number of imidazole rings is 1. The van der Waals surface area contributed by atoms with Gasteiger partial charge in [0.1, 0.15) is 5.69 Å². The Morgan fingerprint density at radius 3 is 2.77 bits per heavy atom. The predicted octanol–water partition coefficient (Wildman–Crippen LogP) is -0.192. The molecule has 0 saturated heterocycles. The average Bonchev–Trinajstić information content (AvgIpc) is 2.97. The van der Waals surface area contributed by atoms with Crippen LogP contribution in [0.25, 0.3) is 11.0 Å². The van der Waals surface area contributed by atoms with Gasteiger partial charge in [-0.15, -0.1) is 0 Å². The third-order valence-corrected chi connectivity index (χ3v) is 3.53. The van der Waals surface area contributed by atoms with Crippen molar-refractivity contribution in [2.45, 2.75) is 6.54 Å². The number of carbonyl (C=O) groups is 1. The van der Waals surface area contributed by atoms with Crippen molar-refractivity contribution in [3.8, 4) is 0 Å². The van der Waals surface area contributed by atoms with Gasteiger partial charge in [0.15, 0.2) is 0 Å². The fraction of sp³-hybridized carbons (Fsp3) is 0.133. The Kier molecular flexibility index (Phi) is 3.89. The van der Waals surface area contributed by atoms with Crippen LogP contribution in [0.2, 0.25) is 0 Å². The number of hydrogen-bond acceptors (Lipinski definition) is 4. The van der Waals surface area contributed by atoms with E-state index in [1.807, 2.05) is 28.8 Å². The first-order valence-electron chi connectivity index (χ1n) is 6.93. The van der Waals surface area contributed by atoms with E-state index < -0.39 is 0 Å². The lowest BCUT2D eigenvalue weighted by Gasteiger charge is -2.05. The molecule has 2 aromatic heterocycles. The van der Waals surface area contributed by atoms with Gasteiger partial charge in [-0.2, -0.15) is 0 Å². The van der Waals surface area contributed by atoms with E-state index in [-0.39, 0.29) is 13.4 Å². The minimum atomic E-state index is -0.226. The first-order chi connectivity index (χ1) is 10.7. The maximum atomic E-state index is 11.6. The summed E-state index contributed by atoms with van der Waals surface area (Å²) in [5, 5.41) is 11.6. The van der Waals surface area contributed by atoms with Crippen LogP contribution in [-0.2, 0) is 6.54 Å². The van der Waals surface area contributed by atoms with Crippen molar-refractivity contribution in [1.82, 2.24) is 19.9 Å². The minimum absolute atomic E-state index is 0.0421. The van der Waals surface area contributed by atoms with Gasteiger partial charge in [-0.25, -0.2) is 9.97 Å². The zero-order valence-corrected chi connectivity index (χ0v) is 12.2. The Balaban J connectivity index is 1.89. The van der Waals surface area contributed by atoms with E-state index in [1.54, 1.807) is 25.6 Å². The summed E-state index contributed by atoms with van der Waals surface area (Å²) in [6.45, 7) is 0.656. The van der Waals surface area contributed by atoms with E-state index in [0.29, 0.717) is 12.2 Å². The van der Waals surface area contributed by atoms with Crippen molar-refractivity contribution in [2.24, 2.45) is 0 Å². The highest BCUT2D eigenvalue weighted by atomic mass is 16.2. The fourth-order valence-electron chi connectivity index (χ4n) is 2.28. The fourth-order valence-corrected chi connectivity index (χ4v) is 2.28. The van der Waals surface area contributed by atoms with Crippen LogP contribution in [0.1, 0.15) is 16.1 Å². The molecule has 6 nitrogen and oxygen atoms in total. The molecule has 0 aliphatic rings. The quantitative estimate of drug-likeness (QED) is 0.654. The van der Waals surface area contributed by atoms with Crippen LogP contribution in [-0.4, -0.2) is 40.0 Å². The molecule has 1 aromatic carbocycles. The highest BCUT2D eigenvalue weighted by Gasteiger charge is 2.09. The van der Waals surface area contributed by atoms with Gasteiger partial charge in [0, 0.05) is 13.6 Å². The number of pyridine rings is 1. The molecule has 3 rings (SSSR count). The molecule has 0 fully saturated rings. The summed E-state index contributed by atoms with van der Waals surface area (Å²) in [5.74, 6) is -0.226. The van der Waals surface area contributed by atoms with Crippen LogP contribution in [0.3, 0.4) is 0 Å². The van der Waals surface area contributed by atoms with Crippen LogP contribution < -0.4 is 10.8 Å². The van der Waals surface area contributed by atoms with Crippen LogP contribution in [0.4, 0.5) is 0 Å². The van der Waals surface area contributed by atoms with Gasteiger partial charge < -0.3 is 14.9 Å². The number of benzene rings is 1. The Bertz CT molecular complexity index is 814. The summed E-state index contributed by atoms with van der Waals surface area (Å²) in [4.78, 5) is 20.1. The smallest absolute Gasteiger partial charge is 0.304 e. The zero-order chi connectivity index (χ0) is 15.5. The SMILES string of the molecule is CNC(=O)c1cc2ncn(Cc3ccc(BO)cc3)c2cn1. The van der Waals surface area contributed by atoms with Crippen LogP contribution in [0.5, 0.6) is 0 Å². The summed E-state index contributed by atoms with van der Waals surface area (Å²) >= 11 is 0. The molecule has 0 atom stereocenters. The van der Waals surface area contributed by atoms with Crippen LogP contribution in [0, 0.1) is 0 Å². The molecule has 0 saturated carbocycles. The molecule has 1 amide bonds. The second-order valence-corrected chi connectivity index (χ2v) is 4.98. The van der Waals surface area contributed by atoms with E-state index in [2.05, 4.69) is 15.3 Å². The van der Waals surface area contributed by atoms with Crippen molar-refractivity contribution in [3.63, 3.8) is 0 Å². The van der Waals surface area contributed by atoms with Gasteiger partial charge in [-0.3, -0.25) is 4.79 Å². The molecule has 2 heterocycles. The highest BCUT2D eigenvalue weighted by molar-refractivity contribution is 6.45. The molecule has 3 aromatic rings. The zero-order valence-electron chi connectivity index (χ0n) is 12.2. The first-order valence-corrected chi connectivity index (χ1v) is 6.93. The van der Waals surface area contributed by atoms with Gasteiger partial charge in [-0.05, 0) is 11.6 Å². The number of aromatic nitrogens is 3. The number of hydrogen-bond donors (Lipinski definition) is 2. The Labute approximate surface area is 128 Å². The first kappa shape index (κ1) is 14.3. The number of amides is 1. The summed E-state index contributed by atoms with van der Waals surface area (Å²) in [7, 11) is 1.61. The van der Waals surface area contributed by atoms with E-state index in [9.17, 15) is 4.79 Å².